The number of hydrogen-bond acceptors (Lipinski definition) is 5. The van der Waals surface area contributed by atoms with E-state index in [0.29, 0.717) is 6.42 Å². The smallest absolute Gasteiger partial charge is 0.244 e. The zero-order valence-corrected chi connectivity index (χ0v) is 14.6. The highest BCUT2D eigenvalue weighted by Gasteiger charge is 2.41. The minimum atomic E-state index is -3.68. The molecule has 1 fully saturated rings. The topological polar surface area (TPSA) is 70.5 Å². The number of piperidine rings is 1. The van der Waals surface area contributed by atoms with Crippen LogP contribution in [0.5, 0.6) is 0 Å². The van der Waals surface area contributed by atoms with Crippen molar-refractivity contribution < 1.29 is 13.5 Å². The van der Waals surface area contributed by atoms with Crippen LogP contribution >= 0.6 is 11.3 Å². The van der Waals surface area contributed by atoms with E-state index < -0.39 is 16.1 Å². The second-order valence-electron chi connectivity index (χ2n) is 5.80. The maximum Gasteiger partial charge on any atom is 0.244 e. The SMILES string of the molecule is Cc1ccc(S(=O)(=O)N2C(CO)CCCC2c2nccs2)cc1. The van der Waals surface area contributed by atoms with Gasteiger partial charge in [0.05, 0.1) is 17.5 Å². The van der Waals surface area contributed by atoms with Crippen molar-refractivity contribution in [3.63, 3.8) is 0 Å². The molecule has 0 aliphatic carbocycles. The van der Waals surface area contributed by atoms with Gasteiger partial charge in [0.2, 0.25) is 10.0 Å². The first-order chi connectivity index (χ1) is 11.0. The molecule has 1 N–H and O–H groups in total. The third kappa shape index (κ3) is 3.19. The number of nitrogens with zero attached hydrogens (tertiary/aromatic N) is 2. The number of aryl methyl sites for hydroxylation is 1. The van der Waals surface area contributed by atoms with Gasteiger partial charge in [-0.25, -0.2) is 13.4 Å². The van der Waals surface area contributed by atoms with Gasteiger partial charge < -0.3 is 5.11 Å². The summed E-state index contributed by atoms with van der Waals surface area (Å²) in [5, 5.41) is 12.4. The molecule has 0 amide bonds. The Morgan fingerprint density at radius 1 is 1.30 bits per heavy atom. The van der Waals surface area contributed by atoms with E-state index in [0.717, 1.165) is 23.4 Å². The van der Waals surface area contributed by atoms with Crippen LogP contribution < -0.4 is 0 Å². The minimum absolute atomic E-state index is 0.174. The maximum atomic E-state index is 13.2. The molecule has 0 bridgehead atoms. The number of hydrogen-bond donors (Lipinski definition) is 1. The number of aliphatic hydroxyl groups is 1. The van der Waals surface area contributed by atoms with E-state index in [4.69, 9.17) is 0 Å². The second kappa shape index (κ2) is 6.68. The third-order valence-corrected chi connectivity index (χ3v) is 7.08. The highest BCUT2D eigenvalue weighted by molar-refractivity contribution is 7.89. The molecule has 2 aromatic rings. The second-order valence-corrected chi connectivity index (χ2v) is 8.57. The van der Waals surface area contributed by atoms with Gasteiger partial charge in [-0.1, -0.05) is 17.7 Å². The molecule has 0 spiro atoms. The molecule has 1 aliphatic heterocycles. The van der Waals surface area contributed by atoms with Gasteiger partial charge in [-0.05, 0) is 38.3 Å². The molecule has 124 valence electrons. The average molecular weight is 352 g/mol. The lowest BCUT2D eigenvalue weighted by Crippen LogP contribution is -2.47. The van der Waals surface area contributed by atoms with Gasteiger partial charge in [-0.3, -0.25) is 0 Å². The first kappa shape index (κ1) is 16.6. The normalized spacial score (nSPS) is 23.0. The summed E-state index contributed by atoms with van der Waals surface area (Å²) in [4.78, 5) is 4.58. The van der Waals surface area contributed by atoms with E-state index in [2.05, 4.69) is 4.98 Å². The van der Waals surface area contributed by atoms with Crippen LogP contribution in [0.2, 0.25) is 0 Å². The van der Waals surface area contributed by atoms with E-state index >= 15 is 0 Å². The largest absolute Gasteiger partial charge is 0.395 e. The Bertz CT molecular complexity index is 742. The molecule has 23 heavy (non-hydrogen) atoms. The van der Waals surface area contributed by atoms with Gasteiger partial charge in [0.1, 0.15) is 5.01 Å². The van der Waals surface area contributed by atoms with Crippen molar-refractivity contribution in [3.05, 3.63) is 46.4 Å². The summed E-state index contributed by atoms with van der Waals surface area (Å²) >= 11 is 1.46. The molecule has 1 aromatic carbocycles. The van der Waals surface area contributed by atoms with E-state index in [9.17, 15) is 13.5 Å². The zero-order valence-electron chi connectivity index (χ0n) is 12.9. The van der Waals surface area contributed by atoms with Gasteiger partial charge in [0.15, 0.2) is 0 Å². The van der Waals surface area contributed by atoms with Crippen LogP contribution in [0.15, 0.2) is 40.7 Å². The number of aromatic nitrogens is 1. The molecule has 2 atom stereocenters. The minimum Gasteiger partial charge on any atom is -0.395 e. The number of aliphatic hydroxyl groups excluding tert-OH is 1. The van der Waals surface area contributed by atoms with Crippen LogP contribution in [0, 0.1) is 6.92 Å². The van der Waals surface area contributed by atoms with Crippen LogP contribution in [0.25, 0.3) is 0 Å². The summed E-state index contributed by atoms with van der Waals surface area (Å²) in [7, 11) is -3.68. The van der Waals surface area contributed by atoms with Gasteiger partial charge in [0.25, 0.3) is 0 Å². The van der Waals surface area contributed by atoms with Crippen molar-refractivity contribution >= 4 is 21.4 Å². The van der Waals surface area contributed by atoms with Gasteiger partial charge in [0, 0.05) is 17.6 Å². The summed E-state index contributed by atoms with van der Waals surface area (Å²) in [5.41, 5.74) is 1.01. The summed E-state index contributed by atoms with van der Waals surface area (Å²) in [5.74, 6) is 0. The zero-order chi connectivity index (χ0) is 16.4. The van der Waals surface area contributed by atoms with Crippen molar-refractivity contribution in [2.75, 3.05) is 6.61 Å². The lowest BCUT2D eigenvalue weighted by molar-refractivity contribution is 0.115. The molecular formula is C16H20N2O3S2. The molecule has 3 rings (SSSR count). The van der Waals surface area contributed by atoms with Crippen molar-refractivity contribution in [3.8, 4) is 0 Å². The van der Waals surface area contributed by atoms with Crippen molar-refractivity contribution in [2.45, 2.75) is 43.2 Å². The van der Waals surface area contributed by atoms with E-state index in [1.54, 1.807) is 30.5 Å². The highest BCUT2D eigenvalue weighted by Crippen LogP contribution is 2.39. The van der Waals surface area contributed by atoms with Crippen LogP contribution in [0.3, 0.4) is 0 Å². The van der Waals surface area contributed by atoms with E-state index in [1.165, 1.54) is 15.6 Å². The number of thiazole rings is 1. The Balaban J connectivity index is 2.05. The van der Waals surface area contributed by atoms with Crippen molar-refractivity contribution in [2.24, 2.45) is 0 Å². The van der Waals surface area contributed by atoms with Crippen LogP contribution in [-0.4, -0.2) is 35.5 Å². The first-order valence-corrected chi connectivity index (χ1v) is 9.96. The summed E-state index contributed by atoms with van der Waals surface area (Å²) in [6.07, 6.45) is 3.98. The molecule has 0 radical (unpaired) electrons. The number of benzene rings is 1. The van der Waals surface area contributed by atoms with Gasteiger partial charge >= 0.3 is 0 Å². The molecule has 1 aliphatic rings. The molecule has 7 heteroatoms. The monoisotopic (exact) mass is 352 g/mol. The molecule has 0 saturated carbocycles. The Kier molecular flexibility index (Phi) is 4.82. The molecule has 2 heterocycles. The van der Waals surface area contributed by atoms with Crippen LogP contribution in [0.1, 0.15) is 35.9 Å². The van der Waals surface area contributed by atoms with E-state index in [1.807, 2.05) is 12.3 Å². The van der Waals surface area contributed by atoms with Crippen molar-refractivity contribution in [1.29, 1.82) is 0 Å². The third-order valence-electron chi connectivity index (χ3n) is 4.23. The van der Waals surface area contributed by atoms with Gasteiger partial charge in [-0.2, -0.15) is 4.31 Å². The number of rotatable bonds is 4. The fourth-order valence-corrected chi connectivity index (χ4v) is 5.72. The van der Waals surface area contributed by atoms with E-state index in [-0.39, 0.29) is 17.5 Å². The fraction of sp³-hybridized carbons (Fsp3) is 0.438. The molecule has 5 nitrogen and oxygen atoms in total. The summed E-state index contributed by atoms with van der Waals surface area (Å²) < 4.78 is 27.8. The predicted molar refractivity (Wildman–Crippen MR) is 89.8 cm³/mol. The maximum absolute atomic E-state index is 13.2. The van der Waals surface area contributed by atoms with Crippen molar-refractivity contribution in [1.82, 2.24) is 9.29 Å². The molecule has 2 unspecified atom stereocenters. The molecule has 1 aromatic heterocycles. The standard InChI is InChI=1S/C16H20N2O3S2/c1-12-5-7-14(8-6-12)23(20,21)18-13(11-19)3-2-4-15(18)16-17-9-10-22-16/h5-10,13,15,19H,2-4,11H2,1H3. The van der Waals surface area contributed by atoms with Crippen LogP contribution in [-0.2, 0) is 10.0 Å². The number of sulfonamides is 1. The average Bonchev–Trinajstić information content (AvgIpc) is 3.09. The Morgan fingerprint density at radius 2 is 2.04 bits per heavy atom. The first-order valence-electron chi connectivity index (χ1n) is 7.64. The lowest BCUT2D eigenvalue weighted by atomic mass is 9.99. The van der Waals surface area contributed by atoms with Crippen LogP contribution in [0.4, 0.5) is 0 Å². The lowest BCUT2D eigenvalue weighted by Gasteiger charge is -2.39. The predicted octanol–water partition coefficient (Wildman–Crippen LogP) is 2.73. The molecular weight excluding hydrogens is 332 g/mol. The Morgan fingerprint density at radius 3 is 2.65 bits per heavy atom. The fourth-order valence-electron chi connectivity index (χ4n) is 3.05. The Labute approximate surface area is 140 Å². The quantitative estimate of drug-likeness (QED) is 0.918. The summed E-state index contributed by atoms with van der Waals surface area (Å²) in [6.45, 7) is 1.75. The Hall–Kier alpha value is -1.28. The summed E-state index contributed by atoms with van der Waals surface area (Å²) in [6, 6.07) is 6.15. The molecule has 1 saturated heterocycles. The highest BCUT2D eigenvalue weighted by atomic mass is 32.2. The van der Waals surface area contributed by atoms with Gasteiger partial charge in [-0.15, -0.1) is 11.3 Å².